The number of aromatic carboxylic acids is 1. The molecule has 0 radical (unpaired) electrons. The molecule has 0 aromatic carbocycles. The Hall–Kier alpha value is -1.01. The van der Waals surface area contributed by atoms with Crippen LogP contribution in [0.2, 0.25) is 0 Å². The number of carboxylic acid groups (broad SMARTS) is 1. The van der Waals surface area contributed by atoms with Crippen molar-refractivity contribution in [2.24, 2.45) is 0 Å². The second kappa shape index (κ2) is 5.18. The lowest BCUT2D eigenvalue weighted by molar-refractivity contribution is -0.113. The Bertz CT molecular complexity index is 387. The lowest BCUT2D eigenvalue weighted by Crippen LogP contribution is -2.15. The van der Waals surface area contributed by atoms with Crippen molar-refractivity contribution in [3.8, 4) is 0 Å². The number of carbonyl (C=O) groups is 2. The number of hydrogen-bond donors (Lipinski definition) is 2. The van der Waals surface area contributed by atoms with Crippen molar-refractivity contribution < 1.29 is 14.7 Å². The van der Waals surface area contributed by atoms with E-state index in [0.29, 0.717) is 11.4 Å². The predicted octanol–water partition coefficient (Wildman–Crippen LogP) is 2.06. The number of carbonyl (C=O) groups excluding carboxylic acids is 1. The Morgan fingerprint density at radius 3 is 2.80 bits per heavy atom. The van der Waals surface area contributed by atoms with Crippen molar-refractivity contribution in [3.05, 3.63) is 15.8 Å². The van der Waals surface area contributed by atoms with Crippen LogP contribution < -0.4 is 5.32 Å². The van der Waals surface area contributed by atoms with E-state index in [1.165, 1.54) is 11.8 Å². The van der Waals surface area contributed by atoms with Gasteiger partial charge in [-0.05, 0) is 24.1 Å². The second-order valence-corrected chi connectivity index (χ2v) is 4.65. The third-order valence-electron chi connectivity index (χ3n) is 1.71. The molecular formula is C9H11NO3S2. The molecule has 1 aromatic rings. The van der Waals surface area contributed by atoms with Crippen LogP contribution in [0.1, 0.15) is 15.2 Å². The summed E-state index contributed by atoms with van der Waals surface area (Å²) in [5, 5.41) is 13.2. The molecule has 0 atom stereocenters. The summed E-state index contributed by atoms with van der Waals surface area (Å²) in [7, 11) is 0. The molecule has 0 unspecified atom stereocenters. The first-order chi connectivity index (χ1) is 7.06. The van der Waals surface area contributed by atoms with E-state index in [-0.39, 0.29) is 10.8 Å². The van der Waals surface area contributed by atoms with Crippen LogP contribution in [0.4, 0.5) is 5.69 Å². The van der Waals surface area contributed by atoms with Crippen molar-refractivity contribution in [3.63, 3.8) is 0 Å². The molecule has 0 aliphatic heterocycles. The van der Waals surface area contributed by atoms with E-state index in [9.17, 15) is 9.59 Å². The predicted molar refractivity (Wildman–Crippen MR) is 63.0 cm³/mol. The zero-order valence-electron chi connectivity index (χ0n) is 8.36. The SMILES string of the molecule is CSCC(=O)Nc1c(C)csc1C(=O)O. The average Bonchev–Trinajstić information content (AvgIpc) is 2.48. The smallest absolute Gasteiger partial charge is 0.348 e. The zero-order valence-corrected chi connectivity index (χ0v) is 10.00. The molecule has 1 rings (SSSR count). The van der Waals surface area contributed by atoms with Gasteiger partial charge in [-0.3, -0.25) is 4.79 Å². The molecule has 0 aliphatic carbocycles. The van der Waals surface area contributed by atoms with Gasteiger partial charge >= 0.3 is 5.97 Å². The Labute approximate surface area is 95.7 Å². The maximum atomic E-state index is 11.3. The third-order valence-corrected chi connectivity index (χ3v) is 3.35. The largest absolute Gasteiger partial charge is 0.477 e. The van der Waals surface area contributed by atoms with E-state index in [1.54, 1.807) is 12.3 Å². The molecule has 2 N–H and O–H groups in total. The van der Waals surface area contributed by atoms with Gasteiger partial charge in [0.2, 0.25) is 5.91 Å². The number of rotatable bonds is 4. The first kappa shape index (κ1) is 12.1. The molecule has 1 aromatic heterocycles. The number of carboxylic acids is 1. The van der Waals surface area contributed by atoms with E-state index in [2.05, 4.69) is 5.32 Å². The van der Waals surface area contributed by atoms with E-state index in [0.717, 1.165) is 16.9 Å². The molecule has 1 amide bonds. The molecule has 0 saturated carbocycles. The highest BCUT2D eigenvalue weighted by Crippen LogP contribution is 2.27. The molecule has 4 nitrogen and oxygen atoms in total. The fourth-order valence-electron chi connectivity index (χ4n) is 1.06. The summed E-state index contributed by atoms with van der Waals surface area (Å²) in [6, 6.07) is 0. The van der Waals surface area contributed by atoms with Gasteiger partial charge in [0.15, 0.2) is 0 Å². The van der Waals surface area contributed by atoms with Gasteiger partial charge in [-0.2, -0.15) is 11.8 Å². The van der Waals surface area contributed by atoms with Crippen molar-refractivity contribution in [1.29, 1.82) is 0 Å². The second-order valence-electron chi connectivity index (χ2n) is 2.91. The van der Waals surface area contributed by atoms with Crippen LogP contribution in [0.15, 0.2) is 5.38 Å². The molecule has 0 bridgehead atoms. The van der Waals surface area contributed by atoms with E-state index < -0.39 is 5.97 Å². The van der Waals surface area contributed by atoms with Gasteiger partial charge in [0.25, 0.3) is 0 Å². The molecule has 1 heterocycles. The van der Waals surface area contributed by atoms with E-state index in [4.69, 9.17) is 5.11 Å². The topological polar surface area (TPSA) is 66.4 Å². The van der Waals surface area contributed by atoms with Crippen molar-refractivity contribution in [2.45, 2.75) is 6.92 Å². The Morgan fingerprint density at radius 1 is 1.60 bits per heavy atom. The fraction of sp³-hybridized carbons (Fsp3) is 0.333. The molecule has 82 valence electrons. The average molecular weight is 245 g/mol. The summed E-state index contributed by atoms with van der Waals surface area (Å²) in [5.41, 5.74) is 1.21. The summed E-state index contributed by atoms with van der Waals surface area (Å²) < 4.78 is 0. The Balaban J connectivity index is 2.88. The Morgan fingerprint density at radius 2 is 2.27 bits per heavy atom. The summed E-state index contributed by atoms with van der Waals surface area (Å²) in [4.78, 5) is 22.3. The highest BCUT2D eigenvalue weighted by molar-refractivity contribution is 7.99. The quantitative estimate of drug-likeness (QED) is 0.852. The lowest BCUT2D eigenvalue weighted by atomic mass is 10.2. The van der Waals surface area contributed by atoms with E-state index in [1.807, 2.05) is 6.26 Å². The minimum atomic E-state index is -1.01. The third kappa shape index (κ3) is 2.97. The van der Waals surface area contributed by atoms with Gasteiger partial charge in [0.1, 0.15) is 4.88 Å². The summed E-state index contributed by atoms with van der Waals surface area (Å²) in [6.45, 7) is 1.78. The molecule has 6 heteroatoms. The molecule has 15 heavy (non-hydrogen) atoms. The molecular weight excluding hydrogens is 234 g/mol. The number of hydrogen-bond acceptors (Lipinski definition) is 4. The first-order valence-electron chi connectivity index (χ1n) is 4.16. The number of thioether (sulfide) groups is 1. The van der Waals surface area contributed by atoms with Crippen LogP contribution in [-0.4, -0.2) is 29.0 Å². The highest BCUT2D eigenvalue weighted by Gasteiger charge is 2.16. The summed E-state index contributed by atoms with van der Waals surface area (Å²) in [5.74, 6) is -0.854. The standard InChI is InChI=1S/C9H11NO3S2/c1-5-3-15-8(9(12)13)7(5)10-6(11)4-14-2/h3H,4H2,1-2H3,(H,10,11)(H,12,13). The number of amides is 1. The van der Waals surface area contributed by atoms with Crippen molar-refractivity contribution in [2.75, 3.05) is 17.3 Å². The monoisotopic (exact) mass is 245 g/mol. The van der Waals surface area contributed by atoms with Gasteiger partial charge in [-0.25, -0.2) is 4.79 Å². The number of anilines is 1. The molecule has 0 fully saturated rings. The summed E-state index contributed by atoms with van der Waals surface area (Å²) in [6.07, 6.45) is 1.82. The zero-order chi connectivity index (χ0) is 11.4. The van der Waals surface area contributed by atoms with Crippen LogP contribution in [0, 0.1) is 6.92 Å². The van der Waals surface area contributed by atoms with Crippen LogP contribution in [0.25, 0.3) is 0 Å². The Kier molecular flexibility index (Phi) is 4.16. The molecule has 0 aliphatic rings. The normalized spacial score (nSPS) is 10.0. The van der Waals surface area contributed by atoms with Gasteiger partial charge < -0.3 is 10.4 Å². The van der Waals surface area contributed by atoms with Crippen LogP contribution in [0.5, 0.6) is 0 Å². The minimum absolute atomic E-state index is 0.175. The van der Waals surface area contributed by atoms with Gasteiger partial charge in [-0.1, -0.05) is 0 Å². The van der Waals surface area contributed by atoms with Gasteiger partial charge in [0, 0.05) is 0 Å². The van der Waals surface area contributed by atoms with Crippen molar-refractivity contribution >= 4 is 40.7 Å². The van der Waals surface area contributed by atoms with Gasteiger partial charge in [-0.15, -0.1) is 11.3 Å². The molecule has 0 spiro atoms. The fourth-order valence-corrected chi connectivity index (χ4v) is 2.24. The first-order valence-corrected chi connectivity index (χ1v) is 6.43. The van der Waals surface area contributed by atoms with Crippen molar-refractivity contribution in [1.82, 2.24) is 0 Å². The van der Waals surface area contributed by atoms with Crippen LogP contribution in [-0.2, 0) is 4.79 Å². The number of aryl methyl sites for hydroxylation is 1. The maximum Gasteiger partial charge on any atom is 0.348 e. The molecule has 0 saturated heterocycles. The lowest BCUT2D eigenvalue weighted by Gasteiger charge is -2.04. The highest BCUT2D eigenvalue weighted by atomic mass is 32.2. The number of nitrogens with one attached hydrogen (secondary N) is 1. The maximum absolute atomic E-state index is 11.3. The summed E-state index contributed by atoms with van der Waals surface area (Å²) >= 11 is 2.52. The number of thiophene rings is 1. The van der Waals surface area contributed by atoms with Crippen LogP contribution >= 0.6 is 23.1 Å². The van der Waals surface area contributed by atoms with Gasteiger partial charge in [0.05, 0.1) is 11.4 Å². The van der Waals surface area contributed by atoms with E-state index >= 15 is 0 Å². The van der Waals surface area contributed by atoms with Crippen LogP contribution in [0.3, 0.4) is 0 Å². The minimum Gasteiger partial charge on any atom is -0.477 e.